The number of carbonyl (C=O) groups excluding carboxylic acids is 1. The molecule has 2 heterocycles. The lowest BCUT2D eigenvalue weighted by atomic mass is 10.2. The van der Waals surface area contributed by atoms with Gasteiger partial charge in [0.15, 0.2) is 0 Å². The molecule has 0 spiro atoms. The van der Waals surface area contributed by atoms with Crippen molar-refractivity contribution in [2.45, 2.75) is 26.3 Å². The van der Waals surface area contributed by atoms with Gasteiger partial charge in [-0.15, -0.1) is 0 Å². The standard InChI is InChI=1S/C19H25N3O3/c1-14(13-22-8-10-24-11-9-22)20-18(23)12-17-15(2)25-19(21-17)16-6-4-3-5-7-16/h3-7,14H,8-13H2,1-2H3,(H,20,23)/t14-/m0/s1. The summed E-state index contributed by atoms with van der Waals surface area (Å²) < 4.78 is 11.1. The maximum atomic E-state index is 12.3. The van der Waals surface area contributed by atoms with Gasteiger partial charge in [-0.3, -0.25) is 9.69 Å². The first-order chi connectivity index (χ1) is 12.1. The van der Waals surface area contributed by atoms with E-state index in [1.54, 1.807) is 0 Å². The molecule has 1 aliphatic rings. The zero-order valence-electron chi connectivity index (χ0n) is 14.8. The average Bonchev–Trinajstić information content (AvgIpc) is 2.97. The van der Waals surface area contributed by atoms with Crippen LogP contribution in [0.5, 0.6) is 0 Å². The van der Waals surface area contributed by atoms with Crippen molar-refractivity contribution in [3.63, 3.8) is 0 Å². The molecule has 1 fully saturated rings. The minimum Gasteiger partial charge on any atom is -0.441 e. The van der Waals surface area contributed by atoms with Crippen molar-refractivity contribution >= 4 is 5.91 Å². The number of nitrogens with zero attached hydrogens (tertiary/aromatic N) is 2. The number of ether oxygens (including phenoxy) is 1. The van der Waals surface area contributed by atoms with E-state index in [0.717, 1.165) is 38.4 Å². The van der Waals surface area contributed by atoms with Crippen LogP contribution in [0.25, 0.3) is 11.5 Å². The molecule has 0 unspecified atom stereocenters. The van der Waals surface area contributed by atoms with Gasteiger partial charge >= 0.3 is 0 Å². The summed E-state index contributed by atoms with van der Waals surface area (Å²) in [5.74, 6) is 1.22. The summed E-state index contributed by atoms with van der Waals surface area (Å²) in [6.45, 7) is 8.08. The van der Waals surface area contributed by atoms with E-state index < -0.39 is 0 Å². The van der Waals surface area contributed by atoms with E-state index in [0.29, 0.717) is 17.3 Å². The van der Waals surface area contributed by atoms with E-state index in [1.807, 2.05) is 44.2 Å². The highest BCUT2D eigenvalue weighted by molar-refractivity contribution is 5.78. The van der Waals surface area contributed by atoms with Crippen LogP contribution in [0.3, 0.4) is 0 Å². The SMILES string of the molecule is Cc1oc(-c2ccccc2)nc1CC(=O)N[C@@H](C)CN1CCOCC1. The smallest absolute Gasteiger partial charge is 0.226 e. The van der Waals surface area contributed by atoms with Crippen molar-refractivity contribution in [3.8, 4) is 11.5 Å². The molecule has 134 valence electrons. The zero-order chi connectivity index (χ0) is 17.6. The van der Waals surface area contributed by atoms with Crippen LogP contribution in [0.1, 0.15) is 18.4 Å². The monoisotopic (exact) mass is 343 g/mol. The van der Waals surface area contributed by atoms with Gasteiger partial charge in [-0.2, -0.15) is 0 Å². The highest BCUT2D eigenvalue weighted by Crippen LogP contribution is 2.21. The molecule has 1 aromatic heterocycles. The van der Waals surface area contributed by atoms with Crippen molar-refractivity contribution in [1.82, 2.24) is 15.2 Å². The molecular weight excluding hydrogens is 318 g/mol. The minimum atomic E-state index is -0.0308. The summed E-state index contributed by atoms with van der Waals surface area (Å²) in [5.41, 5.74) is 1.60. The van der Waals surface area contributed by atoms with E-state index >= 15 is 0 Å². The summed E-state index contributed by atoms with van der Waals surface area (Å²) in [5, 5.41) is 3.05. The Bertz CT molecular complexity index is 693. The molecule has 0 bridgehead atoms. The molecule has 1 saturated heterocycles. The number of aromatic nitrogens is 1. The topological polar surface area (TPSA) is 67.6 Å². The molecule has 6 nitrogen and oxygen atoms in total. The van der Waals surface area contributed by atoms with Crippen LogP contribution in [0, 0.1) is 6.92 Å². The number of amides is 1. The molecule has 0 radical (unpaired) electrons. The van der Waals surface area contributed by atoms with Crippen molar-refractivity contribution in [2.75, 3.05) is 32.8 Å². The molecule has 1 atom stereocenters. The van der Waals surface area contributed by atoms with Gasteiger partial charge in [0.05, 0.1) is 25.3 Å². The Morgan fingerprint density at radius 2 is 2.00 bits per heavy atom. The highest BCUT2D eigenvalue weighted by atomic mass is 16.5. The lowest BCUT2D eigenvalue weighted by Crippen LogP contribution is -2.46. The molecule has 1 amide bonds. The summed E-state index contributed by atoms with van der Waals surface area (Å²) in [7, 11) is 0. The molecule has 6 heteroatoms. The fourth-order valence-electron chi connectivity index (χ4n) is 2.99. The maximum Gasteiger partial charge on any atom is 0.226 e. The van der Waals surface area contributed by atoms with Crippen molar-refractivity contribution in [3.05, 3.63) is 41.8 Å². The molecular formula is C19H25N3O3. The van der Waals surface area contributed by atoms with Gasteiger partial charge in [-0.05, 0) is 26.0 Å². The van der Waals surface area contributed by atoms with E-state index in [4.69, 9.17) is 9.15 Å². The normalized spacial score (nSPS) is 16.6. The number of benzene rings is 1. The van der Waals surface area contributed by atoms with Gasteiger partial charge < -0.3 is 14.5 Å². The van der Waals surface area contributed by atoms with Gasteiger partial charge in [0.1, 0.15) is 5.76 Å². The average molecular weight is 343 g/mol. The number of oxazole rings is 1. The molecule has 1 aliphatic heterocycles. The van der Waals surface area contributed by atoms with Crippen molar-refractivity contribution in [1.29, 1.82) is 0 Å². The van der Waals surface area contributed by atoms with Gasteiger partial charge in [-0.1, -0.05) is 18.2 Å². The van der Waals surface area contributed by atoms with E-state index in [1.165, 1.54) is 0 Å². The second-order valence-corrected chi connectivity index (χ2v) is 6.45. The van der Waals surface area contributed by atoms with E-state index in [9.17, 15) is 4.79 Å². The summed E-state index contributed by atoms with van der Waals surface area (Å²) in [4.78, 5) is 19.1. The Kier molecular flexibility index (Phi) is 5.83. The second-order valence-electron chi connectivity index (χ2n) is 6.45. The molecule has 25 heavy (non-hydrogen) atoms. The molecule has 0 aliphatic carbocycles. The van der Waals surface area contributed by atoms with E-state index in [2.05, 4.69) is 15.2 Å². The van der Waals surface area contributed by atoms with Gasteiger partial charge in [0.25, 0.3) is 0 Å². The molecule has 0 saturated carbocycles. The van der Waals surface area contributed by atoms with Crippen LogP contribution in [0.4, 0.5) is 0 Å². The van der Waals surface area contributed by atoms with Crippen LogP contribution in [0.15, 0.2) is 34.7 Å². The quantitative estimate of drug-likeness (QED) is 0.869. The Morgan fingerprint density at radius 3 is 2.72 bits per heavy atom. The lowest BCUT2D eigenvalue weighted by molar-refractivity contribution is -0.121. The number of hydrogen-bond donors (Lipinski definition) is 1. The van der Waals surface area contributed by atoms with Crippen LogP contribution in [-0.2, 0) is 16.0 Å². The summed E-state index contributed by atoms with van der Waals surface area (Å²) in [6.07, 6.45) is 0.232. The molecule has 3 rings (SSSR count). The van der Waals surface area contributed by atoms with Crippen LogP contribution >= 0.6 is 0 Å². The largest absolute Gasteiger partial charge is 0.441 e. The van der Waals surface area contributed by atoms with Crippen molar-refractivity contribution < 1.29 is 13.9 Å². The minimum absolute atomic E-state index is 0.0308. The third-order valence-electron chi connectivity index (χ3n) is 4.28. The predicted molar refractivity (Wildman–Crippen MR) is 95.2 cm³/mol. The second kappa shape index (κ2) is 8.27. The van der Waals surface area contributed by atoms with Crippen molar-refractivity contribution in [2.24, 2.45) is 0 Å². The highest BCUT2D eigenvalue weighted by Gasteiger charge is 2.18. The third-order valence-corrected chi connectivity index (χ3v) is 4.28. The van der Waals surface area contributed by atoms with Gasteiger partial charge in [-0.25, -0.2) is 4.98 Å². The lowest BCUT2D eigenvalue weighted by Gasteiger charge is -2.29. The fourth-order valence-corrected chi connectivity index (χ4v) is 2.99. The number of morpholine rings is 1. The molecule has 2 aromatic rings. The Labute approximate surface area is 148 Å². The Hall–Kier alpha value is -2.18. The summed E-state index contributed by atoms with van der Waals surface area (Å²) in [6, 6.07) is 9.80. The first-order valence-corrected chi connectivity index (χ1v) is 8.73. The Balaban J connectivity index is 1.55. The number of carbonyl (C=O) groups is 1. The Morgan fingerprint density at radius 1 is 1.28 bits per heavy atom. The molecule has 1 N–H and O–H groups in total. The predicted octanol–water partition coefficient (Wildman–Crippen LogP) is 2.03. The molecule has 1 aromatic carbocycles. The third kappa shape index (κ3) is 4.90. The number of nitrogens with one attached hydrogen (secondary N) is 1. The zero-order valence-corrected chi connectivity index (χ0v) is 14.8. The first kappa shape index (κ1) is 17.6. The van der Waals surface area contributed by atoms with Crippen LogP contribution < -0.4 is 5.32 Å². The van der Waals surface area contributed by atoms with Gasteiger partial charge in [0, 0.05) is 31.2 Å². The van der Waals surface area contributed by atoms with Gasteiger partial charge in [0.2, 0.25) is 11.8 Å². The van der Waals surface area contributed by atoms with E-state index in [-0.39, 0.29) is 18.4 Å². The first-order valence-electron chi connectivity index (χ1n) is 8.73. The number of hydrogen-bond acceptors (Lipinski definition) is 5. The van der Waals surface area contributed by atoms with Crippen LogP contribution in [0.2, 0.25) is 0 Å². The summed E-state index contributed by atoms with van der Waals surface area (Å²) >= 11 is 0. The fraction of sp³-hybridized carbons (Fsp3) is 0.474. The maximum absolute atomic E-state index is 12.3. The van der Waals surface area contributed by atoms with Crippen LogP contribution in [-0.4, -0.2) is 54.7 Å². The number of aryl methyl sites for hydroxylation is 1. The number of rotatable bonds is 6.